The van der Waals surface area contributed by atoms with Crippen molar-refractivity contribution in [3.63, 3.8) is 0 Å². The van der Waals surface area contributed by atoms with Crippen LogP contribution in [0.3, 0.4) is 0 Å². The molecule has 0 aliphatic rings. The monoisotopic (exact) mass is 185 g/mol. The van der Waals surface area contributed by atoms with Crippen LogP contribution in [-0.4, -0.2) is 33.0 Å². The van der Waals surface area contributed by atoms with E-state index >= 15 is 0 Å². The fourth-order valence-electron chi connectivity index (χ4n) is 0.892. The topological polar surface area (TPSA) is 44.5 Å². The van der Waals surface area contributed by atoms with Crippen molar-refractivity contribution in [2.75, 3.05) is 26.9 Å². The van der Waals surface area contributed by atoms with Crippen molar-refractivity contribution in [1.29, 1.82) is 0 Å². The first-order chi connectivity index (χ1) is 6.31. The maximum absolute atomic E-state index is 5.77. The van der Waals surface area contributed by atoms with Crippen LogP contribution < -0.4 is 5.73 Å². The third kappa shape index (κ3) is 9.35. The zero-order chi connectivity index (χ0) is 9.94. The van der Waals surface area contributed by atoms with Gasteiger partial charge in [0.25, 0.3) is 0 Å². The van der Waals surface area contributed by atoms with E-state index in [2.05, 4.69) is 5.92 Å². The van der Waals surface area contributed by atoms with E-state index in [1.165, 1.54) is 0 Å². The van der Waals surface area contributed by atoms with E-state index in [4.69, 9.17) is 21.6 Å². The van der Waals surface area contributed by atoms with Crippen molar-refractivity contribution in [2.45, 2.75) is 25.3 Å². The van der Waals surface area contributed by atoms with E-state index in [9.17, 15) is 0 Å². The number of rotatable bonds is 8. The Morgan fingerprint density at radius 3 is 2.69 bits per heavy atom. The minimum Gasteiger partial charge on any atom is -0.382 e. The number of terminal acetylenes is 1. The fourth-order valence-corrected chi connectivity index (χ4v) is 0.892. The average molecular weight is 185 g/mol. The van der Waals surface area contributed by atoms with Gasteiger partial charge in [0.15, 0.2) is 0 Å². The summed E-state index contributed by atoms with van der Waals surface area (Å²) in [6, 6.07) is 0.165. The molecular formula is C10H19NO2. The lowest BCUT2D eigenvalue weighted by atomic mass is 10.1. The molecule has 76 valence electrons. The Hall–Kier alpha value is -0.560. The summed E-state index contributed by atoms with van der Waals surface area (Å²) in [6.45, 7) is 1.97. The molecule has 1 unspecified atom stereocenters. The molecule has 3 nitrogen and oxygen atoms in total. The summed E-state index contributed by atoms with van der Waals surface area (Å²) in [5, 5.41) is 0. The van der Waals surface area contributed by atoms with Gasteiger partial charge in [-0.05, 0) is 12.8 Å². The van der Waals surface area contributed by atoms with Crippen LogP contribution in [0.25, 0.3) is 0 Å². The van der Waals surface area contributed by atoms with Crippen LogP contribution in [0.4, 0.5) is 0 Å². The van der Waals surface area contributed by atoms with Gasteiger partial charge in [-0.3, -0.25) is 0 Å². The van der Waals surface area contributed by atoms with Gasteiger partial charge in [-0.2, -0.15) is 0 Å². The molecule has 0 saturated carbocycles. The quantitative estimate of drug-likeness (QED) is 0.449. The highest BCUT2D eigenvalue weighted by molar-refractivity contribution is 4.84. The Morgan fingerprint density at radius 2 is 2.08 bits per heavy atom. The largest absolute Gasteiger partial charge is 0.382 e. The molecule has 1 atom stereocenters. The molecule has 13 heavy (non-hydrogen) atoms. The molecule has 0 aromatic heterocycles. The zero-order valence-corrected chi connectivity index (χ0v) is 8.29. The third-order valence-corrected chi connectivity index (χ3v) is 1.72. The van der Waals surface area contributed by atoms with Crippen LogP contribution in [0.5, 0.6) is 0 Å². The van der Waals surface area contributed by atoms with Gasteiger partial charge in [-0.15, -0.1) is 12.3 Å². The maximum Gasteiger partial charge on any atom is 0.0700 e. The van der Waals surface area contributed by atoms with Crippen molar-refractivity contribution in [3.8, 4) is 12.3 Å². The van der Waals surface area contributed by atoms with E-state index in [0.29, 0.717) is 19.8 Å². The summed E-state index contributed by atoms with van der Waals surface area (Å²) in [6.07, 6.45) is 7.61. The van der Waals surface area contributed by atoms with Crippen molar-refractivity contribution in [3.05, 3.63) is 0 Å². The third-order valence-electron chi connectivity index (χ3n) is 1.72. The van der Waals surface area contributed by atoms with E-state index in [-0.39, 0.29) is 6.04 Å². The second-order valence-electron chi connectivity index (χ2n) is 2.90. The summed E-state index contributed by atoms with van der Waals surface area (Å²) in [4.78, 5) is 0. The molecule has 0 rings (SSSR count). The Kier molecular flexibility index (Phi) is 9.12. The van der Waals surface area contributed by atoms with E-state index in [0.717, 1.165) is 19.3 Å². The molecule has 2 N–H and O–H groups in total. The first-order valence-electron chi connectivity index (χ1n) is 4.57. The van der Waals surface area contributed by atoms with Crippen LogP contribution in [0, 0.1) is 12.3 Å². The van der Waals surface area contributed by atoms with Gasteiger partial charge < -0.3 is 15.2 Å². The molecular weight excluding hydrogens is 166 g/mol. The summed E-state index contributed by atoms with van der Waals surface area (Å²) < 4.78 is 10.1. The first-order valence-corrected chi connectivity index (χ1v) is 4.57. The van der Waals surface area contributed by atoms with Gasteiger partial charge in [-0.1, -0.05) is 0 Å². The van der Waals surface area contributed by atoms with Crippen molar-refractivity contribution >= 4 is 0 Å². The number of ether oxygens (including phenoxy) is 2. The van der Waals surface area contributed by atoms with E-state index in [1.807, 2.05) is 0 Å². The van der Waals surface area contributed by atoms with Gasteiger partial charge in [0, 0.05) is 26.2 Å². The fraction of sp³-hybridized carbons (Fsp3) is 0.800. The summed E-state index contributed by atoms with van der Waals surface area (Å²) in [5.41, 5.74) is 5.77. The molecule has 0 aliphatic carbocycles. The molecule has 0 aromatic carbocycles. The number of methoxy groups -OCH3 is 1. The predicted molar refractivity (Wildman–Crippen MR) is 53.4 cm³/mol. The summed E-state index contributed by atoms with van der Waals surface area (Å²) >= 11 is 0. The molecule has 0 fully saturated rings. The standard InChI is InChI=1S/C10H19NO2/c1-3-4-5-10(11)6-7-13-9-8-12-2/h1,10H,4-9,11H2,2H3. The van der Waals surface area contributed by atoms with E-state index in [1.54, 1.807) is 7.11 Å². The Bertz CT molecular complexity index is 142. The lowest BCUT2D eigenvalue weighted by Gasteiger charge is -2.09. The molecule has 0 radical (unpaired) electrons. The van der Waals surface area contributed by atoms with Crippen LogP contribution in [0.2, 0.25) is 0 Å². The van der Waals surface area contributed by atoms with Gasteiger partial charge in [0.2, 0.25) is 0 Å². The van der Waals surface area contributed by atoms with Gasteiger partial charge >= 0.3 is 0 Å². The predicted octanol–water partition coefficient (Wildman–Crippen LogP) is 0.780. The van der Waals surface area contributed by atoms with Crippen molar-refractivity contribution < 1.29 is 9.47 Å². The molecule has 0 heterocycles. The van der Waals surface area contributed by atoms with Crippen molar-refractivity contribution in [1.82, 2.24) is 0 Å². The molecule has 0 aromatic rings. The SMILES string of the molecule is C#CCCC(N)CCOCCOC. The average Bonchev–Trinajstić information content (AvgIpc) is 2.14. The second-order valence-corrected chi connectivity index (χ2v) is 2.90. The second kappa shape index (κ2) is 9.53. The normalized spacial score (nSPS) is 12.4. The summed E-state index contributed by atoms with van der Waals surface area (Å²) in [5.74, 6) is 2.57. The van der Waals surface area contributed by atoms with Crippen LogP contribution in [-0.2, 0) is 9.47 Å². The highest BCUT2D eigenvalue weighted by Crippen LogP contribution is 1.98. The molecule has 0 amide bonds. The minimum atomic E-state index is 0.165. The van der Waals surface area contributed by atoms with Crippen molar-refractivity contribution in [2.24, 2.45) is 5.73 Å². The first kappa shape index (κ1) is 12.4. The highest BCUT2D eigenvalue weighted by Gasteiger charge is 2.00. The molecule has 0 saturated heterocycles. The van der Waals surface area contributed by atoms with Crippen LogP contribution in [0.1, 0.15) is 19.3 Å². The van der Waals surface area contributed by atoms with E-state index < -0.39 is 0 Å². The lowest BCUT2D eigenvalue weighted by Crippen LogP contribution is -2.22. The van der Waals surface area contributed by atoms with Gasteiger partial charge in [-0.25, -0.2) is 0 Å². The van der Waals surface area contributed by atoms with Crippen LogP contribution in [0.15, 0.2) is 0 Å². The van der Waals surface area contributed by atoms with Crippen LogP contribution >= 0.6 is 0 Å². The zero-order valence-electron chi connectivity index (χ0n) is 8.29. The smallest absolute Gasteiger partial charge is 0.0700 e. The number of hydrogen-bond donors (Lipinski definition) is 1. The molecule has 0 bridgehead atoms. The molecule has 3 heteroatoms. The molecule has 0 aliphatic heterocycles. The molecule has 0 spiro atoms. The Morgan fingerprint density at radius 1 is 1.31 bits per heavy atom. The summed E-state index contributed by atoms with van der Waals surface area (Å²) in [7, 11) is 1.65. The van der Waals surface area contributed by atoms with Gasteiger partial charge in [0.05, 0.1) is 13.2 Å². The highest BCUT2D eigenvalue weighted by atomic mass is 16.5. The Labute approximate surface area is 80.6 Å². The number of hydrogen-bond acceptors (Lipinski definition) is 3. The van der Waals surface area contributed by atoms with Gasteiger partial charge in [0.1, 0.15) is 0 Å². The minimum absolute atomic E-state index is 0.165. The lowest BCUT2D eigenvalue weighted by molar-refractivity contribution is 0.0670. The Balaban J connectivity index is 3.08. The maximum atomic E-state index is 5.77. The number of nitrogens with two attached hydrogens (primary N) is 1.